The third-order valence-corrected chi connectivity index (χ3v) is 3.41. The number of rotatable bonds is 4. The number of nitrogens with one attached hydrogen (secondary N) is 1. The second kappa shape index (κ2) is 10.1. The fourth-order valence-electron chi connectivity index (χ4n) is 2.15. The third kappa shape index (κ3) is 7.08. The summed E-state index contributed by atoms with van der Waals surface area (Å²) < 4.78 is 10.3. The van der Waals surface area contributed by atoms with Gasteiger partial charge in [0.1, 0.15) is 11.5 Å². The SMILES string of the molecule is COc1cc(OC)cc(C(=O)NN2CCCCC2)c1.O=C(O)C(=O)O. The quantitative estimate of drug-likeness (QED) is 0.684. The average Bonchev–Trinajstić information content (AvgIpc) is 2.62. The number of hydrazine groups is 1. The number of methoxy groups -OCH3 is 2. The van der Waals surface area contributed by atoms with Gasteiger partial charge in [-0.2, -0.15) is 0 Å². The molecule has 9 nitrogen and oxygen atoms in total. The molecule has 2 rings (SSSR count). The molecular formula is C16H22N2O7. The van der Waals surface area contributed by atoms with Gasteiger partial charge in [-0.15, -0.1) is 0 Å². The highest BCUT2D eigenvalue weighted by molar-refractivity contribution is 6.27. The number of amides is 1. The van der Waals surface area contributed by atoms with Crippen LogP contribution in [0, 0.1) is 0 Å². The Kier molecular flexibility index (Phi) is 8.21. The van der Waals surface area contributed by atoms with E-state index in [-0.39, 0.29) is 5.91 Å². The van der Waals surface area contributed by atoms with Gasteiger partial charge in [0.15, 0.2) is 0 Å². The van der Waals surface area contributed by atoms with Crippen LogP contribution in [0.2, 0.25) is 0 Å². The van der Waals surface area contributed by atoms with Gasteiger partial charge in [-0.1, -0.05) is 6.42 Å². The van der Waals surface area contributed by atoms with Crippen LogP contribution in [0.5, 0.6) is 11.5 Å². The molecule has 1 aromatic carbocycles. The van der Waals surface area contributed by atoms with E-state index in [0.29, 0.717) is 17.1 Å². The van der Waals surface area contributed by atoms with Crippen molar-refractivity contribution in [1.82, 2.24) is 10.4 Å². The van der Waals surface area contributed by atoms with Gasteiger partial charge in [-0.3, -0.25) is 10.2 Å². The lowest BCUT2D eigenvalue weighted by atomic mass is 10.1. The minimum absolute atomic E-state index is 0.126. The van der Waals surface area contributed by atoms with Gasteiger partial charge in [0.05, 0.1) is 14.2 Å². The molecule has 9 heteroatoms. The minimum Gasteiger partial charge on any atom is -0.497 e. The summed E-state index contributed by atoms with van der Waals surface area (Å²) in [7, 11) is 3.14. The van der Waals surface area contributed by atoms with E-state index in [1.807, 2.05) is 5.01 Å². The zero-order chi connectivity index (χ0) is 18.8. The maximum Gasteiger partial charge on any atom is 0.414 e. The summed E-state index contributed by atoms with van der Waals surface area (Å²) >= 11 is 0. The van der Waals surface area contributed by atoms with E-state index in [1.165, 1.54) is 6.42 Å². The van der Waals surface area contributed by atoms with Gasteiger partial charge in [0, 0.05) is 24.7 Å². The Labute approximate surface area is 145 Å². The lowest BCUT2D eigenvalue weighted by Crippen LogP contribution is -2.45. The molecule has 1 saturated heterocycles. The van der Waals surface area contributed by atoms with Crippen molar-refractivity contribution in [3.8, 4) is 11.5 Å². The zero-order valence-electron chi connectivity index (χ0n) is 14.2. The fraction of sp³-hybridized carbons (Fsp3) is 0.438. The van der Waals surface area contributed by atoms with Crippen LogP contribution < -0.4 is 14.9 Å². The Morgan fingerprint density at radius 2 is 1.40 bits per heavy atom. The van der Waals surface area contributed by atoms with Crippen molar-refractivity contribution in [2.75, 3.05) is 27.3 Å². The first-order chi connectivity index (χ1) is 11.9. The fourth-order valence-corrected chi connectivity index (χ4v) is 2.15. The van der Waals surface area contributed by atoms with Gasteiger partial charge in [-0.25, -0.2) is 14.6 Å². The van der Waals surface area contributed by atoms with Crippen molar-refractivity contribution in [3.63, 3.8) is 0 Å². The zero-order valence-corrected chi connectivity index (χ0v) is 14.2. The lowest BCUT2D eigenvalue weighted by Gasteiger charge is -2.26. The molecule has 1 fully saturated rings. The van der Waals surface area contributed by atoms with Crippen LogP contribution in [0.1, 0.15) is 29.6 Å². The van der Waals surface area contributed by atoms with Crippen LogP contribution in [0.3, 0.4) is 0 Å². The van der Waals surface area contributed by atoms with Crippen LogP contribution in [0.4, 0.5) is 0 Å². The number of hydrogen-bond donors (Lipinski definition) is 3. The highest BCUT2D eigenvalue weighted by atomic mass is 16.5. The molecule has 0 saturated carbocycles. The lowest BCUT2D eigenvalue weighted by molar-refractivity contribution is -0.159. The summed E-state index contributed by atoms with van der Waals surface area (Å²) in [6, 6.07) is 5.17. The van der Waals surface area contributed by atoms with Gasteiger partial charge in [0.25, 0.3) is 5.91 Å². The van der Waals surface area contributed by atoms with E-state index in [9.17, 15) is 4.79 Å². The molecule has 138 valence electrons. The van der Waals surface area contributed by atoms with Gasteiger partial charge in [-0.05, 0) is 25.0 Å². The second-order valence-electron chi connectivity index (χ2n) is 5.20. The van der Waals surface area contributed by atoms with Crippen LogP contribution in [-0.2, 0) is 9.59 Å². The van der Waals surface area contributed by atoms with Crippen molar-refractivity contribution in [2.45, 2.75) is 19.3 Å². The van der Waals surface area contributed by atoms with Crippen LogP contribution in [0.15, 0.2) is 18.2 Å². The van der Waals surface area contributed by atoms with Crippen molar-refractivity contribution in [2.24, 2.45) is 0 Å². The van der Waals surface area contributed by atoms with Gasteiger partial charge in [0.2, 0.25) is 0 Å². The van der Waals surface area contributed by atoms with Crippen LogP contribution in [-0.4, -0.2) is 60.4 Å². The molecule has 1 heterocycles. The predicted octanol–water partition coefficient (Wildman–Crippen LogP) is 0.990. The molecule has 0 spiro atoms. The number of carboxylic acid groups (broad SMARTS) is 2. The van der Waals surface area contributed by atoms with Crippen LogP contribution in [0.25, 0.3) is 0 Å². The number of carbonyl (C=O) groups is 3. The maximum atomic E-state index is 12.2. The summed E-state index contributed by atoms with van der Waals surface area (Å²) in [5.41, 5.74) is 3.46. The number of carbonyl (C=O) groups excluding carboxylic acids is 1. The largest absolute Gasteiger partial charge is 0.497 e. The van der Waals surface area contributed by atoms with E-state index in [2.05, 4.69) is 5.43 Å². The summed E-state index contributed by atoms with van der Waals surface area (Å²) in [6.07, 6.45) is 3.49. The first-order valence-corrected chi connectivity index (χ1v) is 7.62. The molecule has 0 radical (unpaired) electrons. The molecule has 0 atom stereocenters. The van der Waals surface area contributed by atoms with E-state index < -0.39 is 11.9 Å². The second-order valence-corrected chi connectivity index (χ2v) is 5.20. The number of piperidine rings is 1. The van der Waals surface area contributed by atoms with E-state index in [0.717, 1.165) is 25.9 Å². The van der Waals surface area contributed by atoms with Gasteiger partial charge >= 0.3 is 11.9 Å². The number of carboxylic acids is 2. The maximum absolute atomic E-state index is 12.2. The Morgan fingerprint density at radius 1 is 0.920 bits per heavy atom. The number of nitrogens with zero attached hydrogens (tertiary/aromatic N) is 1. The van der Waals surface area contributed by atoms with Crippen molar-refractivity contribution in [1.29, 1.82) is 0 Å². The highest BCUT2D eigenvalue weighted by Crippen LogP contribution is 2.22. The number of ether oxygens (including phenoxy) is 2. The summed E-state index contributed by atoms with van der Waals surface area (Å²) in [5, 5.41) is 16.8. The molecule has 1 aromatic rings. The standard InChI is InChI=1S/C14H20N2O3.C2H2O4/c1-18-12-8-11(9-13(10-12)19-2)14(17)15-16-6-4-3-5-7-16;3-1(4)2(5)6/h8-10H,3-7H2,1-2H3,(H,15,17);(H,3,4)(H,5,6). The average molecular weight is 354 g/mol. The molecular weight excluding hydrogens is 332 g/mol. The molecule has 1 amide bonds. The molecule has 0 aromatic heterocycles. The molecule has 1 aliphatic rings. The molecule has 1 aliphatic heterocycles. The molecule has 0 aliphatic carbocycles. The van der Waals surface area contributed by atoms with E-state index >= 15 is 0 Å². The van der Waals surface area contributed by atoms with E-state index in [1.54, 1.807) is 32.4 Å². The number of aliphatic carboxylic acids is 2. The predicted molar refractivity (Wildman–Crippen MR) is 87.7 cm³/mol. The van der Waals surface area contributed by atoms with Crippen LogP contribution >= 0.6 is 0 Å². The summed E-state index contributed by atoms with van der Waals surface area (Å²) in [5.74, 6) is -2.55. The number of benzene rings is 1. The Balaban J connectivity index is 0.000000450. The molecule has 0 bridgehead atoms. The first-order valence-electron chi connectivity index (χ1n) is 7.62. The Hall–Kier alpha value is -2.81. The van der Waals surface area contributed by atoms with Gasteiger partial charge < -0.3 is 19.7 Å². The van der Waals surface area contributed by atoms with Crippen molar-refractivity contribution < 1.29 is 34.1 Å². The topological polar surface area (TPSA) is 125 Å². The van der Waals surface area contributed by atoms with Crippen molar-refractivity contribution >= 4 is 17.8 Å². The third-order valence-electron chi connectivity index (χ3n) is 3.41. The normalized spacial score (nSPS) is 13.8. The Morgan fingerprint density at radius 3 is 1.80 bits per heavy atom. The molecule has 25 heavy (non-hydrogen) atoms. The van der Waals surface area contributed by atoms with Crippen molar-refractivity contribution in [3.05, 3.63) is 23.8 Å². The van der Waals surface area contributed by atoms with E-state index in [4.69, 9.17) is 29.3 Å². The summed E-state index contributed by atoms with van der Waals surface area (Å²) in [4.78, 5) is 30.4. The number of hydrogen-bond acceptors (Lipinski definition) is 6. The molecule has 0 unspecified atom stereocenters. The monoisotopic (exact) mass is 354 g/mol. The minimum atomic E-state index is -1.82. The summed E-state index contributed by atoms with van der Waals surface area (Å²) in [6.45, 7) is 1.82. The smallest absolute Gasteiger partial charge is 0.414 e. The molecule has 3 N–H and O–H groups in total. The Bertz CT molecular complexity index is 578. The highest BCUT2D eigenvalue weighted by Gasteiger charge is 2.15. The first kappa shape index (κ1) is 20.2.